The van der Waals surface area contributed by atoms with E-state index in [-0.39, 0.29) is 28.8 Å². The van der Waals surface area contributed by atoms with Gasteiger partial charge in [-0.05, 0) is 24.3 Å². The first-order valence-corrected chi connectivity index (χ1v) is 8.20. The molecule has 3 heterocycles. The number of carbonyl (C=O) groups is 1. The van der Waals surface area contributed by atoms with Crippen molar-refractivity contribution < 1.29 is 13.6 Å². The third-order valence-electron chi connectivity index (χ3n) is 4.34. The third-order valence-corrected chi connectivity index (χ3v) is 4.34. The molecule has 2 aromatic heterocycles. The lowest BCUT2D eigenvalue weighted by Crippen LogP contribution is -2.31. The molecule has 0 saturated heterocycles. The first-order valence-electron chi connectivity index (χ1n) is 8.20. The maximum Gasteiger partial charge on any atom is 0.323 e. The normalized spacial score (nSPS) is 12.9. The van der Waals surface area contributed by atoms with Crippen LogP contribution in [0.5, 0.6) is 0 Å². The van der Waals surface area contributed by atoms with Crippen molar-refractivity contribution in [3.63, 3.8) is 0 Å². The fourth-order valence-electron chi connectivity index (χ4n) is 3.03. The molecule has 1 aliphatic rings. The van der Waals surface area contributed by atoms with E-state index in [1.165, 1.54) is 18.2 Å². The van der Waals surface area contributed by atoms with Gasteiger partial charge in [0.25, 0.3) is 0 Å². The molecule has 3 N–H and O–H groups in total. The molecule has 4 rings (SSSR count). The standard InChI is InChI=1S/C18H16F2N6O/c1-25-7-10-8-26(9-16(10)24-25)18(27)23-17-14(21)4-5-15(22-17)12-3-2-11(19)6-13(12)20/h2-7H,8-9,21H2,1H3,(H,22,23,27). The summed E-state index contributed by atoms with van der Waals surface area (Å²) in [5, 5.41) is 6.95. The summed E-state index contributed by atoms with van der Waals surface area (Å²) in [7, 11) is 1.83. The fraction of sp³-hybridized carbons (Fsp3) is 0.167. The van der Waals surface area contributed by atoms with E-state index in [0.29, 0.717) is 13.1 Å². The van der Waals surface area contributed by atoms with Gasteiger partial charge in [-0.15, -0.1) is 0 Å². The second-order valence-electron chi connectivity index (χ2n) is 6.32. The van der Waals surface area contributed by atoms with E-state index in [9.17, 15) is 13.6 Å². The van der Waals surface area contributed by atoms with Gasteiger partial charge in [0.15, 0.2) is 5.82 Å². The van der Waals surface area contributed by atoms with Crippen molar-refractivity contribution in [1.29, 1.82) is 0 Å². The van der Waals surface area contributed by atoms with Crippen LogP contribution in [0.3, 0.4) is 0 Å². The van der Waals surface area contributed by atoms with E-state index in [1.54, 1.807) is 9.58 Å². The minimum Gasteiger partial charge on any atom is -0.396 e. The molecule has 0 unspecified atom stereocenters. The molecule has 27 heavy (non-hydrogen) atoms. The van der Waals surface area contributed by atoms with Gasteiger partial charge in [0.05, 0.1) is 30.2 Å². The number of nitrogens with one attached hydrogen (secondary N) is 1. The predicted octanol–water partition coefficient (Wildman–Crippen LogP) is 2.89. The number of nitrogen functional groups attached to an aromatic ring is 1. The van der Waals surface area contributed by atoms with Crippen molar-refractivity contribution in [2.24, 2.45) is 7.05 Å². The molecule has 0 radical (unpaired) electrons. The highest BCUT2D eigenvalue weighted by Gasteiger charge is 2.26. The number of pyridine rings is 1. The summed E-state index contributed by atoms with van der Waals surface area (Å²) in [6.45, 7) is 0.815. The number of anilines is 2. The molecule has 0 saturated carbocycles. The minimum absolute atomic E-state index is 0.116. The number of halogens is 2. The fourth-order valence-corrected chi connectivity index (χ4v) is 3.03. The Bertz CT molecular complexity index is 1020. The number of hydrogen-bond acceptors (Lipinski definition) is 4. The molecule has 1 aromatic carbocycles. The van der Waals surface area contributed by atoms with Gasteiger partial charge < -0.3 is 10.6 Å². The van der Waals surface area contributed by atoms with Gasteiger partial charge >= 0.3 is 6.03 Å². The molecular formula is C18H16F2N6O. The first kappa shape index (κ1) is 17.0. The Morgan fingerprint density at radius 3 is 2.78 bits per heavy atom. The van der Waals surface area contributed by atoms with Gasteiger partial charge in [-0.2, -0.15) is 5.10 Å². The van der Waals surface area contributed by atoms with Crippen LogP contribution in [0.2, 0.25) is 0 Å². The Kier molecular flexibility index (Phi) is 3.98. The lowest BCUT2D eigenvalue weighted by atomic mass is 10.1. The number of benzene rings is 1. The maximum absolute atomic E-state index is 14.0. The number of fused-ring (bicyclic) bond motifs is 1. The lowest BCUT2D eigenvalue weighted by molar-refractivity contribution is 0.211. The number of aryl methyl sites for hydroxylation is 1. The third kappa shape index (κ3) is 3.19. The average molecular weight is 370 g/mol. The van der Waals surface area contributed by atoms with Crippen molar-refractivity contribution in [1.82, 2.24) is 19.7 Å². The Hall–Kier alpha value is -3.49. The van der Waals surface area contributed by atoms with Gasteiger partial charge in [0.2, 0.25) is 0 Å². The highest BCUT2D eigenvalue weighted by molar-refractivity contribution is 5.92. The second-order valence-corrected chi connectivity index (χ2v) is 6.32. The summed E-state index contributed by atoms with van der Waals surface area (Å²) < 4.78 is 28.8. The van der Waals surface area contributed by atoms with Crippen LogP contribution in [0, 0.1) is 11.6 Å². The van der Waals surface area contributed by atoms with Crippen LogP contribution in [0.4, 0.5) is 25.1 Å². The summed E-state index contributed by atoms with van der Waals surface area (Å²) in [4.78, 5) is 18.3. The largest absolute Gasteiger partial charge is 0.396 e. The molecule has 0 spiro atoms. The van der Waals surface area contributed by atoms with E-state index in [1.807, 2.05) is 13.2 Å². The number of hydrogen-bond donors (Lipinski definition) is 2. The van der Waals surface area contributed by atoms with Gasteiger partial charge in [0, 0.05) is 30.4 Å². The zero-order valence-electron chi connectivity index (χ0n) is 14.4. The van der Waals surface area contributed by atoms with Gasteiger partial charge in [-0.1, -0.05) is 0 Å². The quantitative estimate of drug-likeness (QED) is 0.726. The molecule has 138 valence electrons. The molecular weight excluding hydrogens is 354 g/mol. The van der Waals surface area contributed by atoms with Crippen LogP contribution >= 0.6 is 0 Å². The van der Waals surface area contributed by atoms with Crippen molar-refractivity contribution in [2.45, 2.75) is 13.1 Å². The van der Waals surface area contributed by atoms with Crippen LogP contribution in [-0.4, -0.2) is 25.7 Å². The first-order chi connectivity index (χ1) is 12.9. The molecule has 0 bridgehead atoms. The zero-order chi connectivity index (χ0) is 19.1. The molecule has 9 heteroatoms. The Labute approximate surface area is 153 Å². The lowest BCUT2D eigenvalue weighted by Gasteiger charge is -2.17. The molecule has 2 amide bonds. The number of amides is 2. The van der Waals surface area contributed by atoms with E-state index in [0.717, 1.165) is 23.4 Å². The van der Waals surface area contributed by atoms with Crippen molar-refractivity contribution >= 4 is 17.5 Å². The predicted molar refractivity (Wildman–Crippen MR) is 95.5 cm³/mol. The number of aromatic nitrogens is 3. The number of nitrogens with two attached hydrogens (primary N) is 1. The second kappa shape index (κ2) is 6.35. The Balaban J connectivity index is 1.55. The molecule has 0 fully saturated rings. The number of rotatable bonds is 2. The van der Waals surface area contributed by atoms with Gasteiger partial charge in [-0.25, -0.2) is 18.6 Å². The maximum atomic E-state index is 14.0. The average Bonchev–Trinajstić information content (AvgIpc) is 3.14. The van der Waals surface area contributed by atoms with Crippen LogP contribution < -0.4 is 11.1 Å². The van der Waals surface area contributed by atoms with E-state index in [4.69, 9.17) is 5.73 Å². The molecule has 3 aromatic rings. The molecule has 0 aliphatic carbocycles. The van der Waals surface area contributed by atoms with Crippen molar-refractivity contribution in [3.8, 4) is 11.3 Å². The SMILES string of the molecule is Cn1cc2c(n1)CN(C(=O)Nc1nc(-c3ccc(F)cc3F)ccc1N)C2. The van der Waals surface area contributed by atoms with E-state index >= 15 is 0 Å². The Morgan fingerprint density at radius 1 is 1.22 bits per heavy atom. The summed E-state index contributed by atoms with van der Waals surface area (Å²) in [6.07, 6.45) is 1.87. The molecule has 1 aliphatic heterocycles. The Morgan fingerprint density at radius 2 is 2.04 bits per heavy atom. The minimum atomic E-state index is -0.744. The summed E-state index contributed by atoms with van der Waals surface area (Å²) in [5.74, 6) is -1.31. The summed E-state index contributed by atoms with van der Waals surface area (Å²) in [6, 6.07) is 5.85. The highest BCUT2D eigenvalue weighted by Crippen LogP contribution is 2.27. The molecule has 0 atom stereocenters. The van der Waals surface area contributed by atoms with Crippen molar-refractivity contribution in [2.75, 3.05) is 11.1 Å². The van der Waals surface area contributed by atoms with Crippen LogP contribution in [0.1, 0.15) is 11.3 Å². The van der Waals surface area contributed by atoms with Crippen LogP contribution in [-0.2, 0) is 20.1 Å². The van der Waals surface area contributed by atoms with E-state index in [2.05, 4.69) is 15.4 Å². The number of nitrogens with zero attached hydrogens (tertiary/aromatic N) is 4. The summed E-state index contributed by atoms with van der Waals surface area (Å²) in [5.41, 5.74) is 8.32. The van der Waals surface area contributed by atoms with Gasteiger partial charge in [0.1, 0.15) is 11.6 Å². The number of urea groups is 1. The number of carbonyl (C=O) groups excluding carboxylic acids is 1. The van der Waals surface area contributed by atoms with Crippen molar-refractivity contribution in [3.05, 3.63) is 59.4 Å². The zero-order valence-corrected chi connectivity index (χ0v) is 14.4. The highest BCUT2D eigenvalue weighted by atomic mass is 19.1. The van der Waals surface area contributed by atoms with Gasteiger partial charge in [-0.3, -0.25) is 10.00 Å². The van der Waals surface area contributed by atoms with E-state index < -0.39 is 11.6 Å². The van der Waals surface area contributed by atoms with Crippen LogP contribution in [0.15, 0.2) is 36.5 Å². The smallest absolute Gasteiger partial charge is 0.323 e. The topological polar surface area (TPSA) is 89.1 Å². The van der Waals surface area contributed by atoms with Crippen LogP contribution in [0.25, 0.3) is 11.3 Å². The summed E-state index contributed by atoms with van der Waals surface area (Å²) >= 11 is 0. The molecule has 7 nitrogen and oxygen atoms in total. The monoisotopic (exact) mass is 370 g/mol.